The summed E-state index contributed by atoms with van der Waals surface area (Å²) < 4.78 is 17.5. The standard InChI is InChI=1S/C16H19N7OS/c17-15-16(22-25(24)21-15)20-9-4-10-23(14-6-1-2-8-19-14)12-13-5-3-7-18-11-13/h1-3,5-8,11H,4,9-10,12H2,(H2,17,21)(H,20,22). The summed E-state index contributed by atoms with van der Waals surface area (Å²) in [5.41, 5.74) is 7.15. The first-order chi connectivity index (χ1) is 12.2. The summed E-state index contributed by atoms with van der Waals surface area (Å²) in [6, 6.07) is 9.80. The van der Waals surface area contributed by atoms with Crippen molar-refractivity contribution in [2.45, 2.75) is 13.0 Å². The van der Waals surface area contributed by atoms with Gasteiger partial charge in [-0.25, -0.2) is 4.98 Å². The molecule has 1 unspecified atom stereocenters. The number of hydrogen-bond acceptors (Lipinski definition) is 7. The second kappa shape index (κ2) is 8.36. The van der Waals surface area contributed by atoms with E-state index in [1.807, 2.05) is 36.5 Å². The van der Waals surface area contributed by atoms with E-state index in [4.69, 9.17) is 5.73 Å². The summed E-state index contributed by atoms with van der Waals surface area (Å²) >= 11 is -1.50. The van der Waals surface area contributed by atoms with Gasteiger partial charge in [-0.15, -0.1) is 4.37 Å². The molecule has 3 heterocycles. The van der Waals surface area contributed by atoms with Crippen LogP contribution in [0.15, 0.2) is 53.9 Å². The Hall–Kier alpha value is -2.78. The van der Waals surface area contributed by atoms with E-state index in [2.05, 4.69) is 28.6 Å². The molecule has 0 saturated heterocycles. The highest BCUT2D eigenvalue weighted by Crippen LogP contribution is 2.14. The van der Waals surface area contributed by atoms with E-state index in [9.17, 15) is 4.55 Å². The third-order valence-corrected chi connectivity index (χ3v) is 4.26. The maximum absolute atomic E-state index is 11.2. The van der Waals surface area contributed by atoms with Gasteiger partial charge in [0.25, 0.3) is 0 Å². The molecule has 3 N–H and O–H groups in total. The number of rotatable bonds is 7. The van der Waals surface area contributed by atoms with Gasteiger partial charge in [-0.1, -0.05) is 12.1 Å². The number of nitrogens with one attached hydrogen (secondary N) is 1. The molecular weight excluding hydrogens is 338 g/mol. The summed E-state index contributed by atoms with van der Waals surface area (Å²) in [6.07, 6.45) is 6.18. The lowest BCUT2D eigenvalue weighted by molar-refractivity contribution is 0.584. The monoisotopic (exact) mass is 357 g/mol. The minimum absolute atomic E-state index is 0.190. The summed E-state index contributed by atoms with van der Waals surface area (Å²) in [7, 11) is 0. The zero-order valence-electron chi connectivity index (χ0n) is 13.6. The molecule has 3 aromatic heterocycles. The fourth-order valence-electron chi connectivity index (χ4n) is 2.38. The van der Waals surface area contributed by atoms with Gasteiger partial charge >= 0.3 is 0 Å². The molecule has 8 nitrogen and oxygen atoms in total. The van der Waals surface area contributed by atoms with Crippen LogP contribution in [0.1, 0.15) is 12.0 Å². The lowest BCUT2D eigenvalue weighted by Gasteiger charge is -2.23. The Balaban J connectivity index is 1.66. The Bertz CT molecular complexity index is 848. The summed E-state index contributed by atoms with van der Waals surface area (Å²) in [6.45, 7) is 2.03. The number of nitrogens with two attached hydrogens (primary N) is 1. The lowest BCUT2D eigenvalue weighted by Crippen LogP contribution is -2.25. The van der Waals surface area contributed by atoms with Crippen LogP contribution in [0, 0.1) is 0 Å². The van der Waals surface area contributed by atoms with Gasteiger partial charge in [0.1, 0.15) is 5.82 Å². The van der Waals surface area contributed by atoms with E-state index < -0.39 is 11.1 Å². The van der Waals surface area contributed by atoms with Crippen LogP contribution in [0.2, 0.25) is 0 Å². The Morgan fingerprint density at radius 1 is 1.24 bits per heavy atom. The number of nitrogens with zero attached hydrogens (tertiary/aromatic N) is 5. The van der Waals surface area contributed by atoms with Crippen molar-refractivity contribution in [3.8, 4) is 0 Å². The summed E-state index contributed by atoms with van der Waals surface area (Å²) in [5, 5.41) is 0. The third kappa shape index (κ3) is 4.85. The number of nitrogen functional groups attached to an aromatic ring is 1. The molecule has 0 bridgehead atoms. The molecule has 3 aromatic rings. The van der Waals surface area contributed by atoms with Crippen molar-refractivity contribution in [3.63, 3.8) is 0 Å². The highest BCUT2D eigenvalue weighted by molar-refractivity contribution is 7.13. The van der Waals surface area contributed by atoms with Gasteiger partial charge in [-0.3, -0.25) is 9.98 Å². The van der Waals surface area contributed by atoms with Gasteiger partial charge in [0.15, 0.2) is 11.1 Å². The van der Waals surface area contributed by atoms with E-state index in [0.29, 0.717) is 18.6 Å². The molecule has 0 amide bonds. The summed E-state index contributed by atoms with van der Waals surface area (Å²) in [4.78, 5) is 15.1. The van der Waals surface area contributed by atoms with Crippen molar-refractivity contribution in [1.29, 1.82) is 0 Å². The molecule has 1 atom stereocenters. The average Bonchev–Trinajstić information content (AvgIpc) is 2.96. The maximum atomic E-state index is 11.2. The molecule has 0 spiro atoms. The Kier molecular flexibility index (Phi) is 5.70. The van der Waals surface area contributed by atoms with Gasteiger partial charge in [0, 0.05) is 42.6 Å². The molecule has 0 saturated carbocycles. The predicted octanol–water partition coefficient (Wildman–Crippen LogP) is 1.51. The van der Waals surface area contributed by atoms with E-state index in [1.54, 1.807) is 12.4 Å². The smallest absolute Gasteiger partial charge is 0.229 e. The zero-order valence-corrected chi connectivity index (χ0v) is 14.4. The normalized spacial score (nSPS) is 12.4. The fraction of sp³-hybridized carbons (Fsp3) is 0.250. The summed E-state index contributed by atoms with van der Waals surface area (Å²) in [5.74, 6) is 1.09. The largest absolute Gasteiger partial charge is 0.548 e. The van der Waals surface area contributed by atoms with Crippen LogP contribution in [0.4, 0.5) is 11.6 Å². The van der Waals surface area contributed by atoms with Gasteiger partial charge in [0.05, 0.1) is 0 Å². The Morgan fingerprint density at radius 3 is 2.84 bits per heavy atom. The van der Waals surface area contributed by atoms with Gasteiger partial charge in [0.2, 0.25) is 11.3 Å². The van der Waals surface area contributed by atoms with E-state index in [1.165, 1.54) is 0 Å². The SMILES string of the molecule is Nc1n[s+]([O-])[nH]c1=NCCCN(Cc1cccnc1)c1ccccn1. The van der Waals surface area contributed by atoms with Crippen LogP contribution in [-0.4, -0.2) is 36.4 Å². The van der Waals surface area contributed by atoms with Crippen molar-refractivity contribution in [1.82, 2.24) is 18.7 Å². The quantitative estimate of drug-likeness (QED) is 0.488. The molecule has 0 aromatic carbocycles. The van der Waals surface area contributed by atoms with Gasteiger partial charge < -0.3 is 15.2 Å². The van der Waals surface area contributed by atoms with Crippen molar-refractivity contribution >= 4 is 22.8 Å². The molecular formula is C16H19N7OS. The molecule has 0 aliphatic rings. The number of hydrogen-bond donors (Lipinski definition) is 2. The number of H-pyrrole nitrogens is 1. The molecule has 3 rings (SSSR count). The van der Waals surface area contributed by atoms with E-state index in [0.717, 1.165) is 24.3 Å². The molecule has 0 radical (unpaired) electrons. The Labute approximate surface area is 148 Å². The molecule has 25 heavy (non-hydrogen) atoms. The second-order valence-corrected chi connectivity index (χ2v) is 6.27. The van der Waals surface area contributed by atoms with E-state index >= 15 is 0 Å². The van der Waals surface area contributed by atoms with Crippen molar-refractivity contribution in [2.24, 2.45) is 4.99 Å². The average molecular weight is 357 g/mol. The second-order valence-electron chi connectivity index (χ2n) is 5.38. The topological polar surface area (TPSA) is 119 Å². The van der Waals surface area contributed by atoms with Crippen molar-refractivity contribution in [2.75, 3.05) is 23.7 Å². The van der Waals surface area contributed by atoms with Crippen molar-refractivity contribution in [3.05, 3.63) is 60.0 Å². The minimum Gasteiger partial charge on any atom is -0.548 e. The van der Waals surface area contributed by atoms with Crippen LogP contribution in [0.25, 0.3) is 0 Å². The van der Waals surface area contributed by atoms with Crippen LogP contribution in [-0.2, 0) is 6.54 Å². The number of aromatic amines is 1. The van der Waals surface area contributed by atoms with E-state index in [-0.39, 0.29) is 5.82 Å². The molecule has 0 fully saturated rings. The van der Waals surface area contributed by atoms with Crippen molar-refractivity contribution < 1.29 is 4.55 Å². The van der Waals surface area contributed by atoms with Crippen LogP contribution >= 0.6 is 11.1 Å². The highest BCUT2D eigenvalue weighted by atomic mass is 32.2. The van der Waals surface area contributed by atoms with Crippen LogP contribution in [0.3, 0.4) is 0 Å². The molecule has 0 aliphatic heterocycles. The number of anilines is 2. The minimum atomic E-state index is -1.50. The Morgan fingerprint density at radius 2 is 2.16 bits per heavy atom. The predicted molar refractivity (Wildman–Crippen MR) is 96.2 cm³/mol. The van der Waals surface area contributed by atoms with Crippen LogP contribution < -0.4 is 16.1 Å². The first-order valence-corrected chi connectivity index (χ1v) is 8.95. The first-order valence-electron chi connectivity index (χ1n) is 7.85. The van der Waals surface area contributed by atoms with Crippen LogP contribution in [0.5, 0.6) is 0 Å². The van der Waals surface area contributed by atoms with Gasteiger partial charge in [-0.2, -0.15) is 0 Å². The molecule has 130 valence electrons. The number of pyridine rings is 2. The lowest BCUT2D eigenvalue weighted by atomic mass is 10.2. The molecule has 0 aliphatic carbocycles. The van der Waals surface area contributed by atoms with Gasteiger partial charge in [-0.05, 0) is 30.2 Å². The number of aromatic nitrogens is 4. The first kappa shape index (κ1) is 17.1. The highest BCUT2D eigenvalue weighted by Gasteiger charge is 2.09. The fourth-order valence-corrected chi connectivity index (χ4v) is 3.03. The third-order valence-electron chi connectivity index (χ3n) is 3.53. The zero-order chi connectivity index (χ0) is 17.5. The molecule has 9 heteroatoms. The maximum Gasteiger partial charge on any atom is 0.229 e.